The summed E-state index contributed by atoms with van der Waals surface area (Å²) in [7, 11) is -2.48. The van der Waals surface area contributed by atoms with E-state index in [1.165, 1.54) is 13.3 Å². The van der Waals surface area contributed by atoms with Gasteiger partial charge in [-0.1, -0.05) is 24.3 Å². The first-order chi connectivity index (χ1) is 13.8. The molecule has 1 aromatic heterocycles. The maximum atomic E-state index is 13.0. The lowest BCUT2D eigenvalue weighted by molar-refractivity contribution is 0.306. The van der Waals surface area contributed by atoms with E-state index >= 15 is 0 Å². The number of nitrogens with one attached hydrogen (secondary N) is 1. The summed E-state index contributed by atoms with van der Waals surface area (Å²) >= 11 is 0. The second-order valence-corrected chi connectivity index (χ2v) is 8.41. The highest BCUT2D eigenvalue weighted by Gasteiger charge is 2.23. The van der Waals surface area contributed by atoms with Crippen molar-refractivity contribution in [3.8, 4) is 11.5 Å². The van der Waals surface area contributed by atoms with Crippen LogP contribution in [0.4, 0.5) is 5.82 Å². The number of sulfonamides is 1. The maximum absolute atomic E-state index is 13.0. The average Bonchev–Trinajstić information content (AvgIpc) is 2.69. The highest BCUT2D eigenvalue weighted by atomic mass is 32.2. The number of methoxy groups -OCH3 is 1. The molecule has 2 aromatic carbocycles. The lowest BCUT2D eigenvalue weighted by atomic mass is 10.1. The molecule has 0 aliphatic carbocycles. The fourth-order valence-corrected chi connectivity index (χ4v) is 4.08. The summed E-state index contributed by atoms with van der Waals surface area (Å²) in [6.07, 6.45) is 1.51. The van der Waals surface area contributed by atoms with Crippen molar-refractivity contribution in [2.24, 2.45) is 0 Å². The molecule has 0 spiro atoms. The summed E-state index contributed by atoms with van der Waals surface area (Å²) in [6.45, 7) is 6.06. The first-order valence-corrected chi connectivity index (χ1v) is 10.6. The molecule has 1 heterocycles. The third-order valence-corrected chi connectivity index (χ3v) is 6.08. The molecule has 7 heteroatoms. The van der Waals surface area contributed by atoms with Gasteiger partial charge in [-0.2, -0.15) is 0 Å². The first kappa shape index (κ1) is 20.7. The lowest BCUT2D eigenvalue weighted by Crippen LogP contribution is -2.16. The number of benzene rings is 2. The van der Waals surface area contributed by atoms with Gasteiger partial charge in [-0.15, -0.1) is 0 Å². The van der Waals surface area contributed by atoms with Crippen LogP contribution in [0, 0.1) is 20.8 Å². The molecular formula is C22H24N2O4S. The van der Waals surface area contributed by atoms with Crippen molar-refractivity contribution in [3.05, 3.63) is 77.0 Å². The molecule has 6 nitrogen and oxygen atoms in total. The zero-order valence-electron chi connectivity index (χ0n) is 16.9. The highest BCUT2D eigenvalue weighted by molar-refractivity contribution is 7.92. The van der Waals surface area contributed by atoms with E-state index < -0.39 is 10.0 Å². The van der Waals surface area contributed by atoms with Crippen LogP contribution in [0.5, 0.6) is 11.5 Å². The van der Waals surface area contributed by atoms with E-state index in [0.717, 1.165) is 22.3 Å². The molecule has 0 aliphatic rings. The number of aryl methyl sites for hydroxylation is 3. The molecule has 1 N–H and O–H groups in total. The van der Waals surface area contributed by atoms with Gasteiger partial charge in [0.2, 0.25) is 0 Å². The maximum Gasteiger partial charge on any atom is 0.266 e. The van der Waals surface area contributed by atoms with Gasteiger partial charge in [-0.25, -0.2) is 13.4 Å². The predicted octanol–water partition coefficient (Wildman–Crippen LogP) is 4.40. The van der Waals surface area contributed by atoms with E-state index in [0.29, 0.717) is 12.4 Å². The average molecular weight is 413 g/mol. The van der Waals surface area contributed by atoms with Gasteiger partial charge >= 0.3 is 0 Å². The summed E-state index contributed by atoms with van der Waals surface area (Å²) in [5.74, 6) is 0.752. The van der Waals surface area contributed by atoms with Crippen LogP contribution in [0.15, 0.2) is 59.6 Å². The minimum absolute atomic E-state index is 0.0543. The molecule has 0 amide bonds. The van der Waals surface area contributed by atoms with Crippen LogP contribution in [0.25, 0.3) is 0 Å². The molecule has 0 saturated carbocycles. The van der Waals surface area contributed by atoms with E-state index in [-0.39, 0.29) is 16.5 Å². The number of aromatic nitrogens is 1. The van der Waals surface area contributed by atoms with Crippen LogP contribution in [-0.2, 0) is 16.6 Å². The topological polar surface area (TPSA) is 77.5 Å². The Morgan fingerprint density at radius 2 is 1.66 bits per heavy atom. The number of rotatable bonds is 7. The van der Waals surface area contributed by atoms with E-state index in [1.54, 1.807) is 24.3 Å². The van der Waals surface area contributed by atoms with E-state index in [2.05, 4.69) is 9.71 Å². The molecule has 0 saturated heterocycles. The van der Waals surface area contributed by atoms with Crippen molar-refractivity contribution < 1.29 is 17.9 Å². The number of pyridine rings is 1. The Balaban J connectivity index is 1.89. The molecule has 0 unspecified atom stereocenters. The summed E-state index contributed by atoms with van der Waals surface area (Å²) < 4.78 is 39.8. The van der Waals surface area contributed by atoms with Crippen molar-refractivity contribution in [2.45, 2.75) is 32.3 Å². The molecule has 3 rings (SSSR count). The van der Waals surface area contributed by atoms with E-state index in [4.69, 9.17) is 9.47 Å². The molecule has 152 valence electrons. The van der Waals surface area contributed by atoms with Crippen LogP contribution < -0.4 is 14.2 Å². The van der Waals surface area contributed by atoms with Crippen molar-refractivity contribution in [2.75, 3.05) is 11.8 Å². The summed E-state index contributed by atoms with van der Waals surface area (Å²) in [5, 5.41) is 0. The van der Waals surface area contributed by atoms with Crippen molar-refractivity contribution in [1.29, 1.82) is 0 Å². The van der Waals surface area contributed by atoms with Crippen LogP contribution >= 0.6 is 0 Å². The number of nitrogens with zero attached hydrogens (tertiary/aromatic N) is 1. The molecule has 3 aromatic rings. The Labute approximate surface area is 171 Å². The Morgan fingerprint density at radius 1 is 0.931 bits per heavy atom. The van der Waals surface area contributed by atoms with Crippen molar-refractivity contribution >= 4 is 15.8 Å². The number of hydrogen-bond donors (Lipinski definition) is 1. The van der Waals surface area contributed by atoms with Gasteiger partial charge in [0.15, 0.2) is 11.6 Å². The Kier molecular flexibility index (Phi) is 6.08. The first-order valence-electron chi connectivity index (χ1n) is 9.12. The van der Waals surface area contributed by atoms with E-state index in [1.807, 2.05) is 45.0 Å². The summed E-state index contributed by atoms with van der Waals surface area (Å²) in [5.41, 5.74) is 3.91. The Morgan fingerprint density at radius 3 is 2.38 bits per heavy atom. The SMILES string of the molecule is COc1cc(C)c(C)cc1S(=O)(=O)Nc1ncccc1OCc1ccccc1C. The molecule has 0 bridgehead atoms. The van der Waals surface area contributed by atoms with Gasteiger partial charge in [0.05, 0.1) is 7.11 Å². The minimum Gasteiger partial charge on any atom is -0.495 e. The predicted molar refractivity (Wildman–Crippen MR) is 113 cm³/mol. The van der Waals surface area contributed by atoms with E-state index in [9.17, 15) is 8.42 Å². The zero-order chi connectivity index (χ0) is 21.0. The van der Waals surface area contributed by atoms with Gasteiger partial charge in [0.1, 0.15) is 17.3 Å². The molecule has 29 heavy (non-hydrogen) atoms. The molecule has 0 aliphatic heterocycles. The molecule has 0 fully saturated rings. The lowest BCUT2D eigenvalue weighted by Gasteiger charge is -2.16. The molecular weight excluding hydrogens is 388 g/mol. The monoisotopic (exact) mass is 412 g/mol. The third kappa shape index (κ3) is 4.68. The van der Waals surface area contributed by atoms with Gasteiger partial charge in [-0.05, 0) is 67.3 Å². The van der Waals surface area contributed by atoms with Gasteiger partial charge in [-0.3, -0.25) is 4.72 Å². The van der Waals surface area contributed by atoms with Crippen LogP contribution in [-0.4, -0.2) is 20.5 Å². The van der Waals surface area contributed by atoms with Gasteiger partial charge in [0, 0.05) is 6.20 Å². The fourth-order valence-electron chi connectivity index (χ4n) is 2.83. The quantitative estimate of drug-likeness (QED) is 0.623. The second-order valence-electron chi connectivity index (χ2n) is 6.76. The summed E-state index contributed by atoms with van der Waals surface area (Å²) in [6, 6.07) is 14.5. The minimum atomic E-state index is -3.93. The summed E-state index contributed by atoms with van der Waals surface area (Å²) in [4.78, 5) is 4.22. The number of ether oxygens (including phenoxy) is 2. The third-order valence-electron chi connectivity index (χ3n) is 4.72. The fraction of sp³-hybridized carbons (Fsp3) is 0.227. The number of hydrogen-bond acceptors (Lipinski definition) is 5. The van der Waals surface area contributed by atoms with Crippen molar-refractivity contribution in [1.82, 2.24) is 4.98 Å². The molecule has 0 atom stereocenters. The smallest absolute Gasteiger partial charge is 0.266 e. The normalized spacial score (nSPS) is 11.2. The van der Waals surface area contributed by atoms with Crippen LogP contribution in [0.2, 0.25) is 0 Å². The zero-order valence-corrected chi connectivity index (χ0v) is 17.7. The number of anilines is 1. The van der Waals surface area contributed by atoms with Crippen molar-refractivity contribution in [3.63, 3.8) is 0 Å². The largest absolute Gasteiger partial charge is 0.495 e. The van der Waals surface area contributed by atoms with Gasteiger partial charge in [0.25, 0.3) is 10.0 Å². The Hall–Kier alpha value is -3.06. The highest BCUT2D eigenvalue weighted by Crippen LogP contribution is 2.31. The standard InChI is InChI=1S/C22H24N2O4S/c1-15-8-5-6-9-18(15)14-28-19-10-7-11-23-22(19)24-29(25,26)21-13-17(3)16(2)12-20(21)27-4/h5-13H,14H2,1-4H3,(H,23,24). The van der Waals surface area contributed by atoms with Crippen LogP contribution in [0.3, 0.4) is 0 Å². The molecule has 0 radical (unpaired) electrons. The Bertz CT molecular complexity index is 1130. The second kappa shape index (κ2) is 8.53. The van der Waals surface area contributed by atoms with Gasteiger partial charge < -0.3 is 9.47 Å². The van der Waals surface area contributed by atoms with Crippen LogP contribution in [0.1, 0.15) is 22.3 Å².